The molecule has 1 heteroatoms. The molecule has 176 valence electrons. The first kappa shape index (κ1) is 23.6. The third kappa shape index (κ3) is 3.79. The summed E-state index contributed by atoms with van der Waals surface area (Å²) in [6, 6.07) is 0. The SMILES string of the molecule is CCC(CC[C@@H](C)C1CCC2C3=CCC4[C@H](C)[C@@H](O)CC[C@]4(C)C3CC[C@@]21C)=C(C)C. The van der Waals surface area contributed by atoms with Gasteiger partial charge in [0.05, 0.1) is 6.10 Å². The lowest BCUT2D eigenvalue weighted by Gasteiger charge is -2.59. The second-order valence-corrected chi connectivity index (χ2v) is 12.8. The Hall–Kier alpha value is -0.560. The van der Waals surface area contributed by atoms with Crippen molar-refractivity contribution in [1.82, 2.24) is 0 Å². The fraction of sp³-hybridized carbons (Fsp3) is 0.867. The van der Waals surface area contributed by atoms with Crippen molar-refractivity contribution in [2.75, 3.05) is 0 Å². The molecule has 4 aliphatic carbocycles. The van der Waals surface area contributed by atoms with Gasteiger partial charge in [-0.1, -0.05) is 57.4 Å². The van der Waals surface area contributed by atoms with Gasteiger partial charge in [0.1, 0.15) is 0 Å². The van der Waals surface area contributed by atoms with Crippen LogP contribution in [0.25, 0.3) is 0 Å². The minimum atomic E-state index is -0.0765. The first-order valence-corrected chi connectivity index (χ1v) is 13.7. The summed E-state index contributed by atoms with van der Waals surface area (Å²) < 4.78 is 0. The minimum Gasteiger partial charge on any atom is -0.393 e. The highest BCUT2D eigenvalue weighted by atomic mass is 16.3. The summed E-state index contributed by atoms with van der Waals surface area (Å²) in [4.78, 5) is 0. The van der Waals surface area contributed by atoms with Crippen LogP contribution in [0.4, 0.5) is 0 Å². The van der Waals surface area contributed by atoms with E-state index in [1.165, 1.54) is 57.8 Å². The molecule has 9 atom stereocenters. The molecule has 0 heterocycles. The predicted molar refractivity (Wildman–Crippen MR) is 133 cm³/mol. The molecule has 0 aromatic carbocycles. The third-order valence-corrected chi connectivity index (χ3v) is 11.4. The fourth-order valence-electron chi connectivity index (χ4n) is 9.30. The third-order valence-electron chi connectivity index (χ3n) is 11.4. The topological polar surface area (TPSA) is 20.2 Å². The van der Waals surface area contributed by atoms with E-state index in [4.69, 9.17) is 0 Å². The highest BCUT2D eigenvalue weighted by Gasteiger charge is 2.59. The van der Waals surface area contributed by atoms with Crippen LogP contribution in [0.15, 0.2) is 22.8 Å². The van der Waals surface area contributed by atoms with Gasteiger partial charge in [-0.05, 0) is 124 Å². The number of hydrogen-bond donors (Lipinski definition) is 1. The van der Waals surface area contributed by atoms with Crippen molar-refractivity contribution in [1.29, 1.82) is 0 Å². The molecule has 0 bridgehead atoms. The molecule has 0 spiro atoms. The minimum absolute atomic E-state index is 0.0765. The van der Waals surface area contributed by atoms with Crippen LogP contribution in [0.5, 0.6) is 0 Å². The Morgan fingerprint density at radius 2 is 1.74 bits per heavy atom. The van der Waals surface area contributed by atoms with Crippen molar-refractivity contribution in [3.8, 4) is 0 Å². The van der Waals surface area contributed by atoms with E-state index in [1.54, 1.807) is 11.1 Å². The van der Waals surface area contributed by atoms with Crippen molar-refractivity contribution in [3.05, 3.63) is 22.8 Å². The van der Waals surface area contributed by atoms with E-state index in [9.17, 15) is 5.11 Å². The molecule has 1 nitrogen and oxygen atoms in total. The summed E-state index contributed by atoms with van der Waals surface area (Å²) in [6.45, 7) is 17.1. The van der Waals surface area contributed by atoms with Crippen molar-refractivity contribution in [2.24, 2.45) is 46.3 Å². The summed E-state index contributed by atoms with van der Waals surface area (Å²) in [5, 5.41) is 10.5. The van der Waals surface area contributed by atoms with Gasteiger partial charge in [-0.2, -0.15) is 0 Å². The van der Waals surface area contributed by atoms with Crippen LogP contribution in [0.2, 0.25) is 0 Å². The van der Waals surface area contributed by atoms with Gasteiger partial charge in [-0.3, -0.25) is 0 Å². The van der Waals surface area contributed by atoms with E-state index in [-0.39, 0.29) is 6.10 Å². The van der Waals surface area contributed by atoms with Crippen LogP contribution in [0.3, 0.4) is 0 Å². The van der Waals surface area contributed by atoms with Crippen LogP contribution in [0.1, 0.15) is 113 Å². The lowest BCUT2D eigenvalue weighted by atomic mass is 9.46. The zero-order chi connectivity index (χ0) is 22.6. The van der Waals surface area contributed by atoms with Crippen LogP contribution >= 0.6 is 0 Å². The first-order chi connectivity index (χ1) is 14.6. The highest BCUT2D eigenvalue weighted by molar-refractivity contribution is 5.28. The molecule has 4 rings (SSSR count). The molecule has 3 fully saturated rings. The van der Waals surface area contributed by atoms with E-state index < -0.39 is 0 Å². The quantitative estimate of drug-likeness (QED) is 0.438. The maximum Gasteiger partial charge on any atom is 0.0568 e. The van der Waals surface area contributed by atoms with Crippen molar-refractivity contribution < 1.29 is 5.11 Å². The van der Waals surface area contributed by atoms with Gasteiger partial charge in [-0.25, -0.2) is 0 Å². The van der Waals surface area contributed by atoms with Gasteiger partial charge in [-0.15, -0.1) is 0 Å². The fourth-order valence-corrected chi connectivity index (χ4v) is 9.30. The molecule has 4 unspecified atom stereocenters. The van der Waals surface area contributed by atoms with Crippen LogP contribution in [-0.4, -0.2) is 11.2 Å². The van der Waals surface area contributed by atoms with Gasteiger partial charge < -0.3 is 5.11 Å². The summed E-state index contributed by atoms with van der Waals surface area (Å²) >= 11 is 0. The lowest BCUT2D eigenvalue weighted by Crippen LogP contribution is -2.52. The number of fused-ring (bicyclic) bond motifs is 5. The normalized spacial score (nSPS) is 45.2. The Morgan fingerprint density at radius 3 is 2.42 bits per heavy atom. The number of aliphatic hydroxyl groups is 1. The average molecular weight is 427 g/mol. The van der Waals surface area contributed by atoms with Crippen molar-refractivity contribution >= 4 is 0 Å². The van der Waals surface area contributed by atoms with E-state index in [2.05, 4.69) is 54.5 Å². The standard InChI is InChI=1S/C30H50O/c1-8-22(19(2)3)10-9-20(4)24-13-14-26-23-11-12-25-21(5)28(31)16-18-30(25,7)27(23)15-17-29(24,26)6/h11,20-21,24-28,31H,8-10,12-18H2,1-7H3/t20-,21+,24?,25?,26?,27?,28+,29-,30+/m1/s1. The molecule has 0 aliphatic heterocycles. The van der Waals surface area contributed by atoms with E-state index >= 15 is 0 Å². The molecule has 4 aliphatic rings. The van der Waals surface area contributed by atoms with Crippen molar-refractivity contribution in [3.63, 3.8) is 0 Å². The van der Waals surface area contributed by atoms with Gasteiger partial charge >= 0.3 is 0 Å². The van der Waals surface area contributed by atoms with E-state index in [0.29, 0.717) is 22.7 Å². The number of rotatable bonds is 5. The highest BCUT2D eigenvalue weighted by Crippen LogP contribution is 2.67. The largest absolute Gasteiger partial charge is 0.393 e. The van der Waals surface area contributed by atoms with Crippen LogP contribution in [0, 0.1) is 46.3 Å². The Labute approximate surface area is 193 Å². The molecule has 0 aromatic heterocycles. The molecular weight excluding hydrogens is 376 g/mol. The zero-order valence-electron chi connectivity index (χ0n) is 21.6. The maximum absolute atomic E-state index is 10.5. The van der Waals surface area contributed by atoms with Gasteiger partial charge in [0, 0.05) is 0 Å². The molecule has 31 heavy (non-hydrogen) atoms. The molecular formula is C30H50O. The maximum atomic E-state index is 10.5. The summed E-state index contributed by atoms with van der Waals surface area (Å²) in [5.41, 5.74) is 6.05. The van der Waals surface area contributed by atoms with Crippen LogP contribution < -0.4 is 0 Å². The number of allylic oxidation sites excluding steroid dienone is 4. The lowest BCUT2D eigenvalue weighted by molar-refractivity contribution is -0.0773. The summed E-state index contributed by atoms with van der Waals surface area (Å²) in [7, 11) is 0. The van der Waals surface area contributed by atoms with Gasteiger partial charge in [0.15, 0.2) is 0 Å². The molecule has 0 radical (unpaired) electrons. The Morgan fingerprint density at radius 1 is 1.06 bits per heavy atom. The molecule has 0 aromatic rings. The van der Waals surface area contributed by atoms with Gasteiger partial charge in [0.2, 0.25) is 0 Å². The first-order valence-electron chi connectivity index (χ1n) is 13.7. The second-order valence-electron chi connectivity index (χ2n) is 12.8. The Kier molecular flexibility index (Phi) is 6.59. The average Bonchev–Trinajstić information content (AvgIpc) is 3.08. The summed E-state index contributed by atoms with van der Waals surface area (Å²) in [6.07, 6.45) is 15.7. The monoisotopic (exact) mass is 426 g/mol. The van der Waals surface area contributed by atoms with Gasteiger partial charge in [0.25, 0.3) is 0 Å². The Balaban J connectivity index is 1.52. The number of hydrogen-bond acceptors (Lipinski definition) is 1. The molecule has 0 saturated heterocycles. The van der Waals surface area contributed by atoms with E-state index in [1.807, 2.05) is 5.57 Å². The number of aliphatic hydroxyl groups excluding tert-OH is 1. The zero-order valence-corrected chi connectivity index (χ0v) is 21.6. The molecule has 1 N–H and O–H groups in total. The Bertz CT molecular complexity index is 727. The van der Waals surface area contributed by atoms with Crippen molar-refractivity contribution in [2.45, 2.75) is 119 Å². The smallest absolute Gasteiger partial charge is 0.0568 e. The molecule has 0 amide bonds. The predicted octanol–water partition coefficient (Wildman–Crippen LogP) is 8.34. The summed E-state index contributed by atoms with van der Waals surface area (Å²) in [5.74, 6) is 4.49. The van der Waals surface area contributed by atoms with Crippen LogP contribution in [-0.2, 0) is 0 Å². The molecule has 3 saturated carbocycles. The second kappa shape index (κ2) is 8.66. The van der Waals surface area contributed by atoms with E-state index in [0.717, 1.165) is 30.1 Å².